The van der Waals surface area contributed by atoms with Crippen molar-refractivity contribution in [3.05, 3.63) is 34.7 Å². The Kier molecular flexibility index (Phi) is 6.68. The van der Waals surface area contributed by atoms with Gasteiger partial charge in [-0.15, -0.1) is 11.3 Å². The van der Waals surface area contributed by atoms with E-state index in [9.17, 15) is 14.7 Å². The number of nitrogens with zero attached hydrogens (tertiary/aromatic N) is 2. The van der Waals surface area contributed by atoms with Crippen LogP contribution >= 0.6 is 11.3 Å². The van der Waals surface area contributed by atoms with Crippen LogP contribution in [-0.2, 0) is 11.2 Å². The van der Waals surface area contributed by atoms with Gasteiger partial charge in [-0.25, -0.2) is 0 Å². The third-order valence-electron chi connectivity index (χ3n) is 6.95. The first-order valence-corrected chi connectivity index (χ1v) is 12.4. The molecule has 2 amide bonds. The molecule has 31 heavy (non-hydrogen) atoms. The Bertz CT molecular complexity index is 945. The SMILES string of the molecule is CN(C)C(=O)c1sc2ccccc2c1C[C@H]1CCCCN1C(=O)CC1(O)CCCCC1. The van der Waals surface area contributed by atoms with Gasteiger partial charge in [0.05, 0.1) is 16.9 Å². The summed E-state index contributed by atoms with van der Waals surface area (Å²) in [5.74, 6) is 0.107. The van der Waals surface area contributed by atoms with Crippen LogP contribution in [0.4, 0.5) is 0 Å². The Balaban J connectivity index is 1.59. The first-order valence-electron chi connectivity index (χ1n) is 11.6. The predicted octanol–water partition coefficient (Wildman–Crippen LogP) is 4.61. The molecule has 2 fully saturated rings. The third-order valence-corrected chi connectivity index (χ3v) is 8.15. The molecule has 1 saturated heterocycles. The number of carbonyl (C=O) groups is 2. The lowest BCUT2D eigenvalue weighted by Crippen LogP contribution is -2.48. The fourth-order valence-corrected chi connectivity index (χ4v) is 6.48. The molecule has 168 valence electrons. The van der Waals surface area contributed by atoms with Gasteiger partial charge >= 0.3 is 0 Å². The molecular formula is C25H34N2O3S. The molecule has 1 aromatic heterocycles. The van der Waals surface area contributed by atoms with Crippen molar-refractivity contribution in [2.75, 3.05) is 20.6 Å². The van der Waals surface area contributed by atoms with Gasteiger partial charge in [-0.2, -0.15) is 0 Å². The minimum absolute atomic E-state index is 0.0291. The topological polar surface area (TPSA) is 60.9 Å². The van der Waals surface area contributed by atoms with Gasteiger partial charge in [0.1, 0.15) is 0 Å². The van der Waals surface area contributed by atoms with E-state index in [4.69, 9.17) is 0 Å². The maximum absolute atomic E-state index is 13.3. The molecule has 1 N–H and O–H groups in total. The predicted molar refractivity (Wildman–Crippen MR) is 126 cm³/mol. The van der Waals surface area contributed by atoms with Crippen molar-refractivity contribution in [2.45, 2.75) is 75.9 Å². The first-order chi connectivity index (χ1) is 14.9. The summed E-state index contributed by atoms with van der Waals surface area (Å²) in [7, 11) is 3.58. The number of hydrogen-bond acceptors (Lipinski definition) is 4. The monoisotopic (exact) mass is 442 g/mol. The number of fused-ring (bicyclic) bond motifs is 1. The van der Waals surface area contributed by atoms with Gasteiger partial charge in [0.25, 0.3) is 5.91 Å². The van der Waals surface area contributed by atoms with Crippen LogP contribution in [0.15, 0.2) is 24.3 Å². The summed E-state index contributed by atoms with van der Waals surface area (Å²) < 4.78 is 1.12. The fourth-order valence-electron chi connectivity index (χ4n) is 5.22. The molecule has 1 aromatic carbocycles. The molecule has 0 bridgehead atoms. The molecular weight excluding hydrogens is 408 g/mol. The molecule has 1 aliphatic carbocycles. The Morgan fingerprint density at radius 3 is 2.61 bits per heavy atom. The number of piperidine rings is 1. The van der Waals surface area contributed by atoms with Crippen molar-refractivity contribution < 1.29 is 14.7 Å². The van der Waals surface area contributed by atoms with Crippen LogP contribution in [0.25, 0.3) is 10.1 Å². The number of benzene rings is 1. The number of hydrogen-bond donors (Lipinski definition) is 1. The minimum atomic E-state index is -0.835. The second-order valence-corrected chi connectivity index (χ2v) is 10.6. The highest BCUT2D eigenvalue weighted by molar-refractivity contribution is 7.21. The highest BCUT2D eigenvalue weighted by atomic mass is 32.1. The maximum atomic E-state index is 13.3. The molecule has 4 rings (SSSR count). The lowest BCUT2D eigenvalue weighted by molar-refractivity contribution is -0.141. The highest BCUT2D eigenvalue weighted by Gasteiger charge is 2.36. The standard InChI is InChI=1S/C25H34N2O3S/c1-26(2)24(29)23-20(19-11-4-5-12-21(19)31-23)16-18-10-6-9-15-27(18)22(28)17-25(30)13-7-3-8-14-25/h4-5,11-12,18,30H,3,6-10,13-17H2,1-2H3/t18-/m1/s1. The van der Waals surface area contributed by atoms with Crippen molar-refractivity contribution in [1.29, 1.82) is 0 Å². The molecule has 2 aliphatic rings. The summed E-state index contributed by atoms with van der Waals surface area (Å²) in [6.45, 7) is 0.749. The van der Waals surface area contributed by atoms with Crippen molar-refractivity contribution in [1.82, 2.24) is 9.80 Å². The average molecular weight is 443 g/mol. The van der Waals surface area contributed by atoms with Crippen molar-refractivity contribution >= 4 is 33.2 Å². The van der Waals surface area contributed by atoms with E-state index in [1.165, 1.54) is 0 Å². The zero-order chi connectivity index (χ0) is 22.0. The van der Waals surface area contributed by atoms with Crippen LogP contribution in [-0.4, -0.2) is 59.0 Å². The number of aliphatic hydroxyl groups is 1. The molecule has 6 heteroatoms. The van der Waals surface area contributed by atoms with Crippen molar-refractivity contribution in [3.8, 4) is 0 Å². The van der Waals surface area contributed by atoms with Crippen LogP contribution in [0.2, 0.25) is 0 Å². The zero-order valence-corrected chi connectivity index (χ0v) is 19.5. The second-order valence-electron chi connectivity index (χ2n) is 9.51. The van der Waals surface area contributed by atoms with Gasteiger partial charge in [-0.1, -0.05) is 37.5 Å². The minimum Gasteiger partial charge on any atom is -0.389 e. The summed E-state index contributed by atoms with van der Waals surface area (Å²) in [6, 6.07) is 8.27. The smallest absolute Gasteiger partial charge is 0.263 e. The van der Waals surface area contributed by atoms with E-state index in [1.54, 1.807) is 30.3 Å². The average Bonchev–Trinajstić information content (AvgIpc) is 3.12. The van der Waals surface area contributed by atoms with E-state index in [1.807, 2.05) is 17.0 Å². The quantitative estimate of drug-likeness (QED) is 0.735. The van der Waals surface area contributed by atoms with Crippen LogP contribution in [0.5, 0.6) is 0 Å². The highest BCUT2D eigenvalue weighted by Crippen LogP contribution is 2.36. The van der Waals surface area contributed by atoms with E-state index in [0.717, 1.165) is 78.4 Å². The number of carbonyl (C=O) groups excluding carboxylic acids is 2. The number of likely N-dealkylation sites (tertiary alicyclic amines) is 1. The van der Waals surface area contributed by atoms with E-state index >= 15 is 0 Å². The third kappa shape index (κ3) is 4.80. The summed E-state index contributed by atoms with van der Waals surface area (Å²) in [6.07, 6.45) is 8.60. The Morgan fingerprint density at radius 1 is 1.13 bits per heavy atom. The van der Waals surface area contributed by atoms with Crippen LogP contribution in [0.3, 0.4) is 0 Å². The second kappa shape index (κ2) is 9.29. The number of amides is 2. The van der Waals surface area contributed by atoms with Crippen LogP contribution in [0.1, 0.15) is 73.0 Å². The van der Waals surface area contributed by atoms with Crippen LogP contribution < -0.4 is 0 Å². The van der Waals surface area contributed by atoms with E-state index < -0.39 is 5.60 Å². The Labute approximate surface area is 189 Å². The molecule has 2 aromatic rings. The Morgan fingerprint density at radius 2 is 1.87 bits per heavy atom. The molecule has 0 unspecified atom stereocenters. The lowest BCUT2D eigenvalue weighted by Gasteiger charge is -2.39. The van der Waals surface area contributed by atoms with Gasteiger partial charge in [-0.05, 0) is 55.5 Å². The molecule has 1 aliphatic heterocycles. The largest absolute Gasteiger partial charge is 0.389 e. The van der Waals surface area contributed by atoms with Crippen molar-refractivity contribution in [3.63, 3.8) is 0 Å². The maximum Gasteiger partial charge on any atom is 0.263 e. The van der Waals surface area contributed by atoms with E-state index in [-0.39, 0.29) is 24.3 Å². The molecule has 5 nitrogen and oxygen atoms in total. The van der Waals surface area contributed by atoms with Gasteiger partial charge in [0.2, 0.25) is 5.91 Å². The Hall–Kier alpha value is -1.92. The van der Waals surface area contributed by atoms with E-state index in [0.29, 0.717) is 6.42 Å². The number of rotatable bonds is 5. The van der Waals surface area contributed by atoms with Gasteiger partial charge in [-0.3, -0.25) is 9.59 Å². The fraction of sp³-hybridized carbons (Fsp3) is 0.600. The summed E-state index contributed by atoms with van der Waals surface area (Å²) in [5.41, 5.74) is 0.235. The first kappa shape index (κ1) is 22.3. The van der Waals surface area contributed by atoms with E-state index in [2.05, 4.69) is 12.1 Å². The lowest BCUT2D eigenvalue weighted by atomic mass is 9.81. The molecule has 0 radical (unpaired) electrons. The molecule has 1 atom stereocenters. The molecule has 0 spiro atoms. The summed E-state index contributed by atoms with van der Waals surface area (Å²) in [5, 5.41) is 12.1. The van der Waals surface area contributed by atoms with Crippen LogP contribution in [0, 0.1) is 0 Å². The zero-order valence-electron chi connectivity index (χ0n) is 18.7. The summed E-state index contributed by atoms with van der Waals surface area (Å²) >= 11 is 1.55. The normalized spacial score (nSPS) is 21.3. The van der Waals surface area contributed by atoms with Gasteiger partial charge in [0.15, 0.2) is 0 Å². The molecule has 2 heterocycles. The summed E-state index contributed by atoms with van der Waals surface area (Å²) in [4.78, 5) is 30.6. The molecule has 1 saturated carbocycles. The number of thiophene rings is 1. The van der Waals surface area contributed by atoms with Gasteiger partial charge in [0, 0.05) is 31.4 Å². The van der Waals surface area contributed by atoms with Gasteiger partial charge < -0.3 is 14.9 Å². The van der Waals surface area contributed by atoms with Crippen molar-refractivity contribution in [2.24, 2.45) is 0 Å².